The van der Waals surface area contributed by atoms with Crippen LogP contribution in [-0.4, -0.2) is 73.8 Å². The third kappa shape index (κ3) is 6.43. The first kappa shape index (κ1) is 23.9. The van der Waals surface area contributed by atoms with Crippen molar-refractivity contribution >= 4 is 24.1 Å². The predicted molar refractivity (Wildman–Crippen MR) is 134 cm³/mol. The lowest BCUT2D eigenvalue weighted by Crippen LogP contribution is -2.40. The summed E-state index contributed by atoms with van der Waals surface area (Å²) in [6.45, 7) is 5.79. The molecule has 188 valence electrons. The summed E-state index contributed by atoms with van der Waals surface area (Å²) in [6.07, 6.45) is 1.68. The van der Waals surface area contributed by atoms with Gasteiger partial charge in [-0.15, -0.1) is 0 Å². The van der Waals surface area contributed by atoms with Crippen LogP contribution in [-0.2, 0) is 16.1 Å². The fourth-order valence-electron chi connectivity index (χ4n) is 3.81. The molecule has 0 bridgehead atoms. The first-order chi connectivity index (χ1) is 17.7. The molecule has 1 N–H and O–H groups in total. The van der Waals surface area contributed by atoms with Crippen LogP contribution in [0.15, 0.2) is 53.6 Å². The average molecular weight is 494 g/mol. The minimum atomic E-state index is -0.267. The second-order valence-corrected chi connectivity index (χ2v) is 8.32. The van der Waals surface area contributed by atoms with E-state index in [2.05, 4.69) is 30.3 Å². The molecule has 0 aliphatic carbocycles. The van der Waals surface area contributed by atoms with Gasteiger partial charge in [0.05, 0.1) is 32.6 Å². The molecule has 10 nitrogen and oxygen atoms in total. The fraction of sp³-hybridized carbons (Fsp3) is 0.360. The minimum absolute atomic E-state index is 0.267. The van der Waals surface area contributed by atoms with Gasteiger partial charge in [0.15, 0.2) is 0 Å². The maximum atomic E-state index is 13.1. The Kier molecular flexibility index (Phi) is 7.79. The van der Waals surface area contributed by atoms with E-state index in [1.54, 1.807) is 18.3 Å². The van der Waals surface area contributed by atoms with Gasteiger partial charge >= 0.3 is 0 Å². The number of ether oxygens (including phenoxy) is 3. The number of nitrogens with zero attached hydrogens (tertiary/aromatic N) is 6. The minimum Gasteiger partial charge on any atom is -0.489 e. The van der Waals surface area contributed by atoms with E-state index >= 15 is 0 Å². The summed E-state index contributed by atoms with van der Waals surface area (Å²) in [5.74, 6) is 1.99. The molecule has 2 aliphatic heterocycles. The van der Waals surface area contributed by atoms with Crippen LogP contribution in [0.25, 0.3) is 0 Å². The summed E-state index contributed by atoms with van der Waals surface area (Å²) in [4.78, 5) is 18.0. The van der Waals surface area contributed by atoms with Gasteiger partial charge in [-0.25, -0.2) is 9.82 Å². The van der Waals surface area contributed by atoms with Crippen LogP contribution in [0.4, 0.5) is 22.2 Å². The highest BCUT2D eigenvalue weighted by Crippen LogP contribution is 2.19. The van der Waals surface area contributed by atoms with Crippen molar-refractivity contribution in [1.29, 1.82) is 0 Å². The summed E-state index contributed by atoms with van der Waals surface area (Å²) in [5, 5.41) is 4.34. The van der Waals surface area contributed by atoms with Gasteiger partial charge < -0.3 is 24.0 Å². The van der Waals surface area contributed by atoms with Crippen molar-refractivity contribution in [3.8, 4) is 5.75 Å². The topological polar surface area (TPSA) is 97.2 Å². The molecule has 0 amide bonds. The van der Waals surface area contributed by atoms with E-state index in [1.165, 1.54) is 12.1 Å². The zero-order chi connectivity index (χ0) is 24.6. The largest absolute Gasteiger partial charge is 0.489 e. The van der Waals surface area contributed by atoms with Crippen molar-refractivity contribution in [3.05, 3.63) is 65.5 Å². The number of benzene rings is 2. The first-order valence-electron chi connectivity index (χ1n) is 11.9. The van der Waals surface area contributed by atoms with Gasteiger partial charge in [0.1, 0.15) is 18.2 Å². The molecular formula is C25H28FN7O3. The average Bonchev–Trinajstić information content (AvgIpc) is 2.94. The number of aromatic nitrogens is 3. The molecule has 2 aliphatic rings. The molecule has 1 aromatic heterocycles. The first-order valence-corrected chi connectivity index (χ1v) is 11.9. The quantitative estimate of drug-likeness (QED) is 0.375. The van der Waals surface area contributed by atoms with E-state index in [0.717, 1.165) is 37.3 Å². The Labute approximate surface area is 208 Å². The highest BCUT2D eigenvalue weighted by molar-refractivity contribution is 5.80. The molecule has 11 heteroatoms. The van der Waals surface area contributed by atoms with E-state index in [1.807, 2.05) is 24.3 Å². The summed E-state index contributed by atoms with van der Waals surface area (Å²) in [6, 6.07) is 13.8. The standard InChI is InChI=1S/C25H28FN7O3/c26-21-6-4-19(5-7-21)18-36-22-3-1-2-20(16-22)17-27-31-23-28-24(32-8-12-34-13-9-32)30-25(29-23)33-10-14-35-15-11-33/h1-7,16-17H,8-15,18H2,(H,28,29,30,31)/b27-17+. The van der Waals surface area contributed by atoms with Gasteiger partial charge in [0.2, 0.25) is 17.8 Å². The zero-order valence-corrected chi connectivity index (χ0v) is 19.8. The van der Waals surface area contributed by atoms with Crippen LogP contribution < -0.4 is 20.0 Å². The van der Waals surface area contributed by atoms with Crippen LogP contribution in [0, 0.1) is 5.82 Å². The molecule has 0 saturated carbocycles. The maximum absolute atomic E-state index is 13.1. The van der Waals surface area contributed by atoms with Gasteiger partial charge in [0.25, 0.3) is 0 Å². The normalized spacial score (nSPS) is 16.4. The second-order valence-electron chi connectivity index (χ2n) is 8.32. The lowest BCUT2D eigenvalue weighted by Gasteiger charge is -2.30. The Morgan fingerprint density at radius 1 is 0.889 bits per heavy atom. The van der Waals surface area contributed by atoms with Gasteiger partial charge in [-0.3, -0.25) is 0 Å². The molecular weight excluding hydrogens is 465 g/mol. The highest BCUT2D eigenvalue weighted by atomic mass is 19.1. The van der Waals surface area contributed by atoms with Crippen molar-refractivity contribution < 1.29 is 18.6 Å². The number of morpholine rings is 2. The van der Waals surface area contributed by atoms with Crippen molar-refractivity contribution in [2.45, 2.75) is 6.61 Å². The number of hydrogen-bond donors (Lipinski definition) is 1. The van der Waals surface area contributed by atoms with Crippen LogP contribution in [0.1, 0.15) is 11.1 Å². The number of hydrogen-bond acceptors (Lipinski definition) is 10. The van der Waals surface area contributed by atoms with E-state index in [9.17, 15) is 4.39 Å². The summed E-state index contributed by atoms with van der Waals surface area (Å²) < 4.78 is 29.9. The molecule has 5 rings (SSSR count). The van der Waals surface area contributed by atoms with Crippen LogP contribution in [0.3, 0.4) is 0 Å². The molecule has 2 saturated heterocycles. The Hall–Kier alpha value is -3.83. The van der Waals surface area contributed by atoms with E-state index in [-0.39, 0.29) is 5.82 Å². The Bertz CT molecular complexity index is 1130. The second kappa shape index (κ2) is 11.7. The molecule has 0 spiro atoms. The van der Waals surface area contributed by atoms with E-state index < -0.39 is 0 Å². The number of nitrogens with one attached hydrogen (secondary N) is 1. The van der Waals surface area contributed by atoms with E-state index in [0.29, 0.717) is 56.6 Å². The Morgan fingerprint density at radius 2 is 1.53 bits per heavy atom. The lowest BCUT2D eigenvalue weighted by atomic mass is 10.2. The van der Waals surface area contributed by atoms with Gasteiger partial charge in [-0.05, 0) is 35.4 Å². The SMILES string of the molecule is Fc1ccc(COc2cccc(/C=N/Nc3nc(N4CCOCC4)nc(N4CCOCC4)n3)c2)cc1. The zero-order valence-electron chi connectivity index (χ0n) is 19.8. The van der Waals surface area contributed by atoms with Crippen LogP contribution in [0.2, 0.25) is 0 Å². The number of anilines is 3. The van der Waals surface area contributed by atoms with Gasteiger partial charge in [0, 0.05) is 26.2 Å². The Balaban J connectivity index is 1.26. The smallest absolute Gasteiger partial charge is 0.250 e. The van der Waals surface area contributed by atoms with Gasteiger partial charge in [-0.1, -0.05) is 24.3 Å². The third-order valence-electron chi connectivity index (χ3n) is 5.75. The molecule has 2 fully saturated rings. The summed E-state index contributed by atoms with van der Waals surface area (Å²) >= 11 is 0. The molecule has 0 unspecified atom stereocenters. The van der Waals surface area contributed by atoms with Gasteiger partial charge in [-0.2, -0.15) is 20.1 Å². The lowest BCUT2D eigenvalue weighted by molar-refractivity contribution is 0.121. The fourth-order valence-corrected chi connectivity index (χ4v) is 3.81. The predicted octanol–water partition coefficient (Wildman–Crippen LogP) is 2.71. The van der Waals surface area contributed by atoms with E-state index in [4.69, 9.17) is 19.2 Å². The Morgan fingerprint density at radius 3 is 2.17 bits per heavy atom. The maximum Gasteiger partial charge on any atom is 0.250 e. The molecule has 0 atom stereocenters. The van der Waals surface area contributed by atoms with Crippen molar-refractivity contribution in [1.82, 2.24) is 15.0 Å². The molecule has 3 heterocycles. The monoisotopic (exact) mass is 493 g/mol. The molecule has 36 heavy (non-hydrogen) atoms. The van der Waals surface area contributed by atoms with Crippen LogP contribution >= 0.6 is 0 Å². The number of rotatable bonds is 8. The number of hydrazone groups is 1. The third-order valence-corrected chi connectivity index (χ3v) is 5.75. The highest BCUT2D eigenvalue weighted by Gasteiger charge is 2.20. The van der Waals surface area contributed by atoms with Crippen molar-refractivity contribution in [2.75, 3.05) is 67.8 Å². The van der Waals surface area contributed by atoms with Crippen LogP contribution in [0.5, 0.6) is 5.75 Å². The summed E-state index contributed by atoms with van der Waals surface area (Å²) in [7, 11) is 0. The molecule has 2 aromatic carbocycles. The summed E-state index contributed by atoms with van der Waals surface area (Å²) in [5.41, 5.74) is 4.68. The molecule has 3 aromatic rings. The number of halogens is 1. The van der Waals surface area contributed by atoms with Crippen molar-refractivity contribution in [2.24, 2.45) is 5.10 Å². The molecule has 0 radical (unpaired) electrons. The van der Waals surface area contributed by atoms with Crippen molar-refractivity contribution in [3.63, 3.8) is 0 Å².